The molecule has 6 heteroatoms. The Morgan fingerprint density at radius 3 is 2.96 bits per heavy atom. The third kappa shape index (κ3) is 4.58. The molecule has 28 heavy (non-hydrogen) atoms. The Labute approximate surface area is 164 Å². The van der Waals surface area contributed by atoms with Gasteiger partial charge in [0.2, 0.25) is 11.6 Å². The van der Waals surface area contributed by atoms with Gasteiger partial charge in [0, 0.05) is 50.6 Å². The van der Waals surface area contributed by atoms with Crippen LogP contribution in [0.4, 0.5) is 0 Å². The molecule has 0 saturated heterocycles. The number of aryl methyl sites for hydroxylation is 1. The van der Waals surface area contributed by atoms with Crippen LogP contribution in [0, 0.1) is 0 Å². The molecule has 1 aliphatic rings. The summed E-state index contributed by atoms with van der Waals surface area (Å²) in [6.45, 7) is 2.60. The molecule has 1 aromatic carbocycles. The van der Waals surface area contributed by atoms with Crippen LogP contribution in [0.25, 0.3) is 11.1 Å². The molecule has 0 bridgehead atoms. The first kappa shape index (κ1) is 18.7. The van der Waals surface area contributed by atoms with Gasteiger partial charge in [-0.05, 0) is 35.7 Å². The minimum Gasteiger partial charge on any atom is -0.443 e. The number of furan rings is 1. The summed E-state index contributed by atoms with van der Waals surface area (Å²) in [5, 5.41) is 14.1. The normalized spacial score (nSPS) is 15.3. The Morgan fingerprint density at radius 2 is 2.11 bits per heavy atom. The van der Waals surface area contributed by atoms with Crippen LogP contribution in [0.2, 0.25) is 0 Å². The summed E-state index contributed by atoms with van der Waals surface area (Å²) in [6.07, 6.45) is 2.95. The van der Waals surface area contributed by atoms with Crippen molar-refractivity contribution >= 4 is 17.0 Å². The fourth-order valence-electron chi connectivity index (χ4n) is 3.68. The van der Waals surface area contributed by atoms with Gasteiger partial charge in [0.1, 0.15) is 5.76 Å². The Hall–Kier alpha value is -2.70. The third-order valence-electron chi connectivity index (χ3n) is 5.16. The number of carbonyl (C=O) groups excluding carboxylic acids is 1. The Bertz CT molecular complexity index is 920. The van der Waals surface area contributed by atoms with Gasteiger partial charge in [0.05, 0.1) is 6.10 Å². The topological polar surface area (TPSA) is 78.6 Å². The lowest BCUT2D eigenvalue weighted by atomic mass is 10.00. The Morgan fingerprint density at radius 1 is 1.25 bits per heavy atom. The molecule has 2 aromatic heterocycles. The van der Waals surface area contributed by atoms with Crippen molar-refractivity contribution in [2.75, 3.05) is 19.6 Å². The van der Waals surface area contributed by atoms with Crippen LogP contribution >= 0.6 is 0 Å². The molecule has 2 N–H and O–H groups in total. The molecule has 0 radical (unpaired) electrons. The molecule has 0 aliphatic carbocycles. The van der Waals surface area contributed by atoms with Gasteiger partial charge in [-0.1, -0.05) is 24.3 Å². The molecular formula is C22H25N3O3. The molecule has 3 aromatic rings. The second-order valence-electron chi connectivity index (χ2n) is 7.32. The number of amides is 1. The van der Waals surface area contributed by atoms with E-state index in [-0.39, 0.29) is 12.5 Å². The van der Waals surface area contributed by atoms with Crippen molar-refractivity contribution in [1.29, 1.82) is 0 Å². The zero-order valence-electron chi connectivity index (χ0n) is 15.8. The SMILES string of the molecule is O=C(CCc1cc2cccnc2o1)NC[C@@H](O)CN1CCc2ccccc2C1. The zero-order chi connectivity index (χ0) is 19.3. The predicted molar refractivity (Wildman–Crippen MR) is 107 cm³/mol. The van der Waals surface area contributed by atoms with E-state index in [4.69, 9.17) is 4.42 Å². The number of carbonyl (C=O) groups is 1. The maximum absolute atomic E-state index is 12.1. The predicted octanol–water partition coefficient (Wildman–Crippen LogP) is 2.30. The fraction of sp³-hybridized carbons (Fsp3) is 0.364. The van der Waals surface area contributed by atoms with E-state index in [1.54, 1.807) is 6.20 Å². The number of nitrogens with one attached hydrogen (secondary N) is 1. The molecule has 0 saturated carbocycles. The van der Waals surface area contributed by atoms with Crippen molar-refractivity contribution < 1.29 is 14.3 Å². The summed E-state index contributed by atoms with van der Waals surface area (Å²) in [5.41, 5.74) is 3.31. The third-order valence-corrected chi connectivity index (χ3v) is 5.16. The van der Waals surface area contributed by atoms with Crippen LogP contribution in [0.15, 0.2) is 53.1 Å². The number of nitrogens with zero attached hydrogens (tertiary/aromatic N) is 2. The van der Waals surface area contributed by atoms with Gasteiger partial charge >= 0.3 is 0 Å². The summed E-state index contributed by atoms with van der Waals surface area (Å²) < 4.78 is 5.63. The maximum Gasteiger partial charge on any atom is 0.226 e. The highest BCUT2D eigenvalue weighted by Crippen LogP contribution is 2.19. The van der Waals surface area contributed by atoms with Crippen LogP contribution in [0.5, 0.6) is 0 Å². The van der Waals surface area contributed by atoms with Crippen molar-refractivity contribution in [2.45, 2.75) is 31.9 Å². The fourth-order valence-corrected chi connectivity index (χ4v) is 3.68. The molecule has 1 amide bonds. The van der Waals surface area contributed by atoms with Crippen LogP contribution in [0.3, 0.4) is 0 Å². The number of hydrogen-bond acceptors (Lipinski definition) is 5. The molecule has 0 spiro atoms. The number of fused-ring (bicyclic) bond motifs is 2. The van der Waals surface area contributed by atoms with Crippen molar-refractivity contribution in [3.05, 3.63) is 65.5 Å². The van der Waals surface area contributed by atoms with Gasteiger partial charge < -0.3 is 14.8 Å². The second kappa shape index (κ2) is 8.54. The van der Waals surface area contributed by atoms with Crippen LogP contribution in [-0.4, -0.2) is 46.6 Å². The maximum atomic E-state index is 12.1. The lowest BCUT2D eigenvalue weighted by molar-refractivity contribution is -0.121. The first-order chi connectivity index (χ1) is 13.7. The molecule has 0 unspecified atom stereocenters. The second-order valence-corrected chi connectivity index (χ2v) is 7.32. The summed E-state index contributed by atoms with van der Waals surface area (Å²) in [5.74, 6) is 0.660. The summed E-state index contributed by atoms with van der Waals surface area (Å²) in [4.78, 5) is 18.5. The van der Waals surface area contributed by atoms with Crippen molar-refractivity contribution in [2.24, 2.45) is 0 Å². The van der Waals surface area contributed by atoms with Gasteiger partial charge in [-0.25, -0.2) is 4.98 Å². The van der Waals surface area contributed by atoms with E-state index in [1.807, 2.05) is 18.2 Å². The number of aromatic nitrogens is 1. The number of β-amino-alcohol motifs (C(OH)–C–C–N with tert-alkyl or cyclic N) is 1. The molecule has 3 heterocycles. The standard InChI is InChI=1S/C22H25N3O3/c26-19(15-25-11-9-16-4-1-2-5-18(16)14-25)13-24-21(27)8-7-20-12-17-6-3-10-23-22(17)28-20/h1-6,10,12,19,26H,7-9,11,13-15H2,(H,24,27)/t19-/m1/s1. The highest BCUT2D eigenvalue weighted by Gasteiger charge is 2.18. The zero-order valence-corrected chi connectivity index (χ0v) is 15.8. The van der Waals surface area contributed by atoms with E-state index in [1.165, 1.54) is 11.1 Å². The number of aliphatic hydroxyl groups excluding tert-OH is 1. The van der Waals surface area contributed by atoms with Gasteiger partial charge in [-0.3, -0.25) is 9.69 Å². The summed E-state index contributed by atoms with van der Waals surface area (Å²) in [6, 6.07) is 14.1. The van der Waals surface area contributed by atoms with Crippen molar-refractivity contribution in [1.82, 2.24) is 15.2 Å². The van der Waals surface area contributed by atoms with Crippen molar-refractivity contribution in [3.8, 4) is 0 Å². The highest BCUT2D eigenvalue weighted by molar-refractivity contribution is 5.77. The Balaban J connectivity index is 1.19. The van der Waals surface area contributed by atoms with Gasteiger partial charge in [-0.2, -0.15) is 0 Å². The number of pyridine rings is 1. The molecule has 6 nitrogen and oxygen atoms in total. The van der Waals surface area contributed by atoms with E-state index in [9.17, 15) is 9.90 Å². The van der Waals surface area contributed by atoms with Crippen LogP contribution < -0.4 is 5.32 Å². The van der Waals surface area contributed by atoms with E-state index < -0.39 is 6.10 Å². The van der Waals surface area contributed by atoms with E-state index in [2.05, 4.69) is 39.5 Å². The minimum absolute atomic E-state index is 0.0866. The highest BCUT2D eigenvalue weighted by atomic mass is 16.3. The van der Waals surface area contributed by atoms with Gasteiger partial charge in [0.25, 0.3) is 0 Å². The number of aliphatic hydroxyl groups is 1. The quantitative estimate of drug-likeness (QED) is 0.659. The molecular weight excluding hydrogens is 354 g/mol. The lowest BCUT2D eigenvalue weighted by Gasteiger charge is -2.30. The first-order valence-corrected chi connectivity index (χ1v) is 9.75. The van der Waals surface area contributed by atoms with Crippen LogP contribution in [0.1, 0.15) is 23.3 Å². The van der Waals surface area contributed by atoms with Crippen LogP contribution in [-0.2, 0) is 24.2 Å². The number of hydrogen-bond donors (Lipinski definition) is 2. The van der Waals surface area contributed by atoms with E-state index in [0.717, 1.165) is 30.7 Å². The first-order valence-electron chi connectivity index (χ1n) is 9.75. The van der Waals surface area contributed by atoms with Gasteiger partial charge in [0.15, 0.2) is 0 Å². The molecule has 1 aliphatic heterocycles. The molecule has 4 rings (SSSR count). The molecule has 0 fully saturated rings. The average molecular weight is 379 g/mol. The monoisotopic (exact) mass is 379 g/mol. The lowest BCUT2D eigenvalue weighted by Crippen LogP contribution is -2.42. The summed E-state index contributed by atoms with van der Waals surface area (Å²) >= 11 is 0. The van der Waals surface area contributed by atoms with Crippen molar-refractivity contribution in [3.63, 3.8) is 0 Å². The smallest absolute Gasteiger partial charge is 0.226 e. The number of rotatable bonds is 7. The number of benzene rings is 1. The Kier molecular flexibility index (Phi) is 5.69. The minimum atomic E-state index is -0.579. The van der Waals surface area contributed by atoms with E-state index >= 15 is 0 Å². The summed E-state index contributed by atoms with van der Waals surface area (Å²) in [7, 11) is 0. The molecule has 1 atom stereocenters. The van der Waals surface area contributed by atoms with E-state index in [0.29, 0.717) is 25.1 Å². The molecule has 146 valence electrons. The van der Waals surface area contributed by atoms with Gasteiger partial charge in [-0.15, -0.1) is 0 Å². The largest absolute Gasteiger partial charge is 0.443 e. The average Bonchev–Trinajstić information content (AvgIpc) is 3.14.